The van der Waals surface area contributed by atoms with Gasteiger partial charge in [0.05, 0.1) is 0 Å². The maximum absolute atomic E-state index is 5.73. The number of hydrogen-bond acceptors (Lipinski definition) is 1. The molecule has 0 unspecified atom stereocenters. The van der Waals surface area contributed by atoms with Gasteiger partial charge in [-0.15, -0.1) is 11.6 Å². The van der Waals surface area contributed by atoms with Gasteiger partial charge < -0.3 is 5.32 Å². The zero-order chi connectivity index (χ0) is 11.6. The molecule has 90 valence electrons. The highest BCUT2D eigenvalue weighted by atomic mass is 35.5. The number of benzene rings is 1. The quantitative estimate of drug-likeness (QED) is 0.507. The van der Waals surface area contributed by atoms with Crippen molar-refractivity contribution in [2.24, 2.45) is 0 Å². The SMILES string of the molecule is CCCCCCCNc1ccc(CCl)cc1. The van der Waals surface area contributed by atoms with E-state index in [-0.39, 0.29) is 0 Å². The molecular weight excluding hydrogens is 218 g/mol. The molecule has 1 aromatic carbocycles. The zero-order valence-electron chi connectivity index (χ0n) is 10.1. The third kappa shape index (κ3) is 5.41. The zero-order valence-corrected chi connectivity index (χ0v) is 10.9. The van der Waals surface area contributed by atoms with Crippen LogP contribution >= 0.6 is 11.6 Å². The first-order chi connectivity index (χ1) is 7.86. The molecule has 0 aliphatic rings. The van der Waals surface area contributed by atoms with Crippen molar-refractivity contribution in [2.45, 2.75) is 44.9 Å². The van der Waals surface area contributed by atoms with Gasteiger partial charge in [-0.1, -0.05) is 44.7 Å². The molecule has 0 saturated heterocycles. The number of unbranched alkanes of at least 4 members (excludes halogenated alkanes) is 4. The van der Waals surface area contributed by atoms with Gasteiger partial charge in [0.25, 0.3) is 0 Å². The number of halogens is 1. The fraction of sp³-hybridized carbons (Fsp3) is 0.571. The van der Waals surface area contributed by atoms with E-state index in [1.54, 1.807) is 0 Å². The fourth-order valence-electron chi connectivity index (χ4n) is 1.67. The van der Waals surface area contributed by atoms with E-state index >= 15 is 0 Å². The fourth-order valence-corrected chi connectivity index (χ4v) is 1.85. The number of rotatable bonds is 8. The average Bonchev–Trinajstić information content (AvgIpc) is 2.34. The van der Waals surface area contributed by atoms with Gasteiger partial charge in [0.2, 0.25) is 0 Å². The lowest BCUT2D eigenvalue weighted by Crippen LogP contribution is -2.01. The first-order valence-corrected chi connectivity index (χ1v) is 6.79. The number of hydrogen-bond donors (Lipinski definition) is 1. The van der Waals surface area contributed by atoms with Crippen molar-refractivity contribution in [2.75, 3.05) is 11.9 Å². The molecule has 0 saturated carbocycles. The van der Waals surface area contributed by atoms with Crippen molar-refractivity contribution in [1.29, 1.82) is 0 Å². The van der Waals surface area contributed by atoms with Gasteiger partial charge in [-0.2, -0.15) is 0 Å². The average molecular weight is 240 g/mol. The van der Waals surface area contributed by atoms with Gasteiger partial charge >= 0.3 is 0 Å². The molecule has 0 fully saturated rings. The first kappa shape index (κ1) is 13.4. The molecule has 1 N–H and O–H groups in total. The Morgan fingerprint density at radius 1 is 1.00 bits per heavy atom. The van der Waals surface area contributed by atoms with Crippen molar-refractivity contribution in [3.8, 4) is 0 Å². The Bertz CT molecular complexity index is 269. The van der Waals surface area contributed by atoms with Crippen LogP contribution in [0.3, 0.4) is 0 Å². The lowest BCUT2D eigenvalue weighted by Gasteiger charge is -2.06. The molecule has 0 aliphatic carbocycles. The second-order valence-electron chi connectivity index (χ2n) is 4.17. The van der Waals surface area contributed by atoms with E-state index in [4.69, 9.17) is 11.6 Å². The van der Waals surface area contributed by atoms with Crippen LogP contribution in [0.5, 0.6) is 0 Å². The molecule has 0 amide bonds. The van der Waals surface area contributed by atoms with Crippen LogP contribution in [0.4, 0.5) is 5.69 Å². The largest absolute Gasteiger partial charge is 0.385 e. The van der Waals surface area contributed by atoms with Gasteiger partial charge in [-0.25, -0.2) is 0 Å². The molecule has 16 heavy (non-hydrogen) atoms. The van der Waals surface area contributed by atoms with E-state index in [1.807, 2.05) is 0 Å². The van der Waals surface area contributed by atoms with Crippen LogP contribution in [0.25, 0.3) is 0 Å². The molecule has 0 heterocycles. The molecule has 0 radical (unpaired) electrons. The Balaban J connectivity index is 2.12. The predicted octanol–water partition coefficient (Wildman–Crippen LogP) is 4.81. The third-order valence-corrected chi connectivity index (χ3v) is 3.03. The third-order valence-electron chi connectivity index (χ3n) is 2.72. The van der Waals surface area contributed by atoms with Crippen molar-refractivity contribution in [3.05, 3.63) is 29.8 Å². The summed E-state index contributed by atoms with van der Waals surface area (Å²) in [7, 11) is 0. The van der Waals surface area contributed by atoms with Crippen LogP contribution < -0.4 is 5.32 Å². The Morgan fingerprint density at radius 2 is 1.69 bits per heavy atom. The van der Waals surface area contributed by atoms with Crippen LogP contribution in [-0.4, -0.2) is 6.54 Å². The monoisotopic (exact) mass is 239 g/mol. The normalized spacial score (nSPS) is 10.4. The second-order valence-corrected chi connectivity index (χ2v) is 4.44. The summed E-state index contributed by atoms with van der Waals surface area (Å²) in [6.07, 6.45) is 6.64. The first-order valence-electron chi connectivity index (χ1n) is 6.25. The summed E-state index contributed by atoms with van der Waals surface area (Å²) in [5.41, 5.74) is 2.37. The van der Waals surface area contributed by atoms with E-state index in [0.717, 1.165) is 6.54 Å². The molecule has 1 nitrogen and oxygen atoms in total. The molecule has 1 rings (SSSR count). The summed E-state index contributed by atoms with van der Waals surface area (Å²) in [6, 6.07) is 8.35. The molecule has 2 heteroatoms. The van der Waals surface area contributed by atoms with Gasteiger partial charge in [-0.05, 0) is 24.1 Å². The Hall–Kier alpha value is -0.690. The van der Waals surface area contributed by atoms with Crippen LogP contribution in [-0.2, 0) is 5.88 Å². The molecule has 0 spiro atoms. The van der Waals surface area contributed by atoms with E-state index in [9.17, 15) is 0 Å². The number of alkyl halides is 1. The van der Waals surface area contributed by atoms with E-state index in [2.05, 4.69) is 36.5 Å². The summed E-state index contributed by atoms with van der Waals surface area (Å²) in [4.78, 5) is 0. The molecule has 0 aliphatic heterocycles. The Labute approximate surface area is 104 Å². The van der Waals surface area contributed by atoms with Crippen molar-refractivity contribution >= 4 is 17.3 Å². The van der Waals surface area contributed by atoms with E-state index < -0.39 is 0 Å². The maximum Gasteiger partial charge on any atom is 0.0474 e. The summed E-state index contributed by atoms with van der Waals surface area (Å²) in [6.45, 7) is 3.32. The predicted molar refractivity (Wildman–Crippen MR) is 73.2 cm³/mol. The maximum atomic E-state index is 5.73. The number of anilines is 1. The summed E-state index contributed by atoms with van der Waals surface area (Å²) in [5, 5.41) is 3.43. The van der Waals surface area contributed by atoms with Crippen LogP contribution in [0.15, 0.2) is 24.3 Å². The van der Waals surface area contributed by atoms with Gasteiger partial charge in [-0.3, -0.25) is 0 Å². The summed E-state index contributed by atoms with van der Waals surface area (Å²) >= 11 is 5.73. The molecule has 0 bridgehead atoms. The lowest BCUT2D eigenvalue weighted by molar-refractivity contribution is 0.645. The summed E-state index contributed by atoms with van der Waals surface area (Å²) in [5.74, 6) is 0.595. The van der Waals surface area contributed by atoms with Crippen LogP contribution in [0.2, 0.25) is 0 Å². The minimum Gasteiger partial charge on any atom is -0.385 e. The molecule has 0 aromatic heterocycles. The molecular formula is C14H22ClN. The molecule has 1 aromatic rings. The van der Waals surface area contributed by atoms with Crippen molar-refractivity contribution in [1.82, 2.24) is 0 Å². The van der Waals surface area contributed by atoms with Gasteiger partial charge in [0.15, 0.2) is 0 Å². The van der Waals surface area contributed by atoms with E-state index in [0.29, 0.717) is 5.88 Å². The van der Waals surface area contributed by atoms with Crippen LogP contribution in [0, 0.1) is 0 Å². The highest BCUT2D eigenvalue weighted by Gasteiger charge is 1.93. The number of nitrogens with one attached hydrogen (secondary N) is 1. The Kier molecular flexibility index (Phi) is 7.07. The standard InChI is InChI=1S/C14H22ClN/c1-2-3-4-5-6-11-16-14-9-7-13(12-15)8-10-14/h7-10,16H,2-6,11-12H2,1H3. The van der Waals surface area contributed by atoms with Crippen molar-refractivity contribution in [3.63, 3.8) is 0 Å². The van der Waals surface area contributed by atoms with Crippen molar-refractivity contribution < 1.29 is 0 Å². The topological polar surface area (TPSA) is 12.0 Å². The Morgan fingerprint density at radius 3 is 2.31 bits per heavy atom. The minimum atomic E-state index is 0.595. The van der Waals surface area contributed by atoms with Gasteiger partial charge in [0.1, 0.15) is 0 Å². The highest BCUT2D eigenvalue weighted by molar-refractivity contribution is 6.17. The summed E-state index contributed by atoms with van der Waals surface area (Å²) < 4.78 is 0. The second kappa shape index (κ2) is 8.46. The van der Waals surface area contributed by atoms with Gasteiger partial charge in [0, 0.05) is 18.1 Å². The van der Waals surface area contributed by atoms with Crippen LogP contribution in [0.1, 0.15) is 44.6 Å². The van der Waals surface area contributed by atoms with E-state index in [1.165, 1.54) is 43.4 Å². The lowest BCUT2D eigenvalue weighted by atomic mass is 10.1. The molecule has 0 atom stereocenters. The highest BCUT2D eigenvalue weighted by Crippen LogP contribution is 2.11. The minimum absolute atomic E-state index is 0.595. The smallest absolute Gasteiger partial charge is 0.0474 e.